The van der Waals surface area contributed by atoms with E-state index in [2.05, 4.69) is 9.50 Å². The molecule has 1 heterocycles. The highest BCUT2D eigenvalue weighted by atomic mass is 32.2. The monoisotopic (exact) mass is 365 g/mol. The number of carbonyl (C=O) groups excluding carboxylic acids is 1. The minimum atomic E-state index is -4.59. The van der Waals surface area contributed by atoms with E-state index in [0.29, 0.717) is 11.1 Å². The molecule has 6 nitrogen and oxygen atoms in total. The Kier molecular flexibility index (Phi) is 5.07. The Morgan fingerprint density at radius 2 is 2.12 bits per heavy atom. The van der Waals surface area contributed by atoms with Gasteiger partial charge in [0.2, 0.25) is 5.91 Å². The van der Waals surface area contributed by atoms with Crippen molar-refractivity contribution in [3.05, 3.63) is 29.8 Å². The first-order chi connectivity index (χ1) is 11.1. The van der Waals surface area contributed by atoms with E-state index in [-0.39, 0.29) is 24.0 Å². The van der Waals surface area contributed by atoms with Crippen LogP contribution in [0.1, 0.15) is 12.0 Å². The largest absolute Gasteiger partial charge is 0.488 e. The van der Waals surface area contributed by atoms with Gasteiger partial charge in [0.15, 0.2) is 0 Å². The summed E-state index contributed by atoms with van der Waals surface area (Å²) < 4.78 is 69.4. The van der Waals surface area contributed by atoms with Crippen LogP contribution >= 0.6 is 0 Å². The second-order valence-corrected chi connectivity index (χ2v) is 6.63. The molecule has 0 aromatic heterocycles. The molecule has 2 rings (SSSR count). The van der Waals surface area contributed by atoms with Crippen LogP contribution in [0.3, 0.4) is 0 Å². The minimum absolute atomic E-state index is 0.118. The van der Waals surface area contributed by atoms with Crippen molar-refractivity contribution in [1.82, 2.24) is 5.32 Å². The normalized spacial score (nSPS) is 15.8. The average molecular weight is 365 g/mol. The van der Waals surface area contributed by atoms with Gasteiger partial charge in [-0.2, -0.15) is 21.6 Å². The maximum atomic E-state index is 12.1. The number of likely N-dealkylation sites (N-methyl/N-ethyl adjacent to an activating group) is 1. The molecule has 1 aliphatic heterocycles. The predicted octanol–water partition coefficient (Wildman–Crippen LogP) is 1.87. The minimum Gasteiger partial charge on any atom is -0.488 e. The van der Waals surface area contributed by atoms with E-state index in [9.17, 15) is 26.4 Å². The van der Waals surface area contributed by atoms with Gasteiger partial charge in [-0.3, -0.25) is 4.79 Å². The van der Waals surface area contributed by atoms with E-state index in [1.807, 2.05) is 0 Å². The Morgan fingerprint density at radius 3 is 2.75 bits per heavy atom. The van der Waals surface area contributed by atoms with Gasteiger partial charge in [0, 0.05) is 30.3 Å². The van der Waals surface area contributed by atoms with Crippen LogP contribution in [0.15, 0.2) is 24.3 Å². The molecule has 0 aliphatic carbocycles. The van der Waals surface area contributed by atoms with E-state index in [1.165, 1.54) is 31.3 Å². The van der Waals surface area contributed by atoms with Crippen molar-refractivity contribution >= 4 is 21.6 Å². The van der Waals surface area contributed by atoms with Crippen LogP contribution in [0.25, 0.3) is 5.57 Å². The summed E-state index contributed by atoms with van der Waals surface area (Å²) in [7, 11) is -2.90. The van der Waals surface area contributed by atoms with Crippen molar-refractivity contribution in [3.8, 4) is 11.5 Å². The van der Waals surface area contributed by atoms with Crippen molar-refractivity contribution in [2.24, 2.45) is 0 Å². The first-order valence-electron chi connectivity index (χ1n) is 6.78. The average Bonchev–Trinajstić information content (AvgIpc) is 2.86. The summed E-state index contributed by atoms with van der Waals surface area (Å²) in [5.41, 5.74) is 1.18. The number of nitrogens with one attached hydrogen (secondary N) is 1. The van der Waals surface area contributed by atoms with Crippen LogP contribution in [-0.4, -0.2) is 39.9 Å². The van der Waals surface area contributed by atoms with E-state index in [1.54, 1.807) is 0 Å². The molecular formula is C14H14F3NO5S. The maximum Gasteiger partial charge on any atom is 0.390 e. The first kappa shape index (κ1) is 18.1. The molecule has 0 fully saturated rings. The SMILES string of the molecule is CNC(=O)/C=C1/COc2cc(OS(=O)(=O)CCC(F)(F)F)ccc21. The first-order valence-corrected chi connectivity index (χ1v) is 8.36. The van der Waals surface area contributed by atoms with Crippen LogP contribution in [-0.2, 0) is 14.9 Å². The van der Waals surface area contributed by atoms with Gasteiger partial charge < -0.3 is 14.2 Å². The zero-order valence-electron chi connectivity index (χ0n) is 12.5. The van der Waals surface area contributed by atoms with E-state index >= 15 is 0 Å². The highest BCUT2D eigenvalue weighted by Gasteiger charge is 2.31. The van der Waals surface area contributed by atoms with Gasteiger partial charge in [-0.1, -0.05) is 0 Å². The Morgan fingerprint density at radius 1 is 1.42 bits per heavy atom. The molecule has 1 aromatic carbocycles. The molecule has 1 amide bonds. The van der Waals surface area contributed by atoms with Gasteiger partial charge in [0.1, 0.15) is 18.1 Å². The third-order valence-corrected chi connectivity index (χ3v) is 4.24. The number of amides is 1. The number of benzene rings is 1. The summed E-state index contributed by atoms with van der Waals surface area (Å²) in [6.07, 6.45) is -4.74. The lowest BCUT2D eigenvalue weighted by Crippen LogP contribution is -2.20. The second-order valence-electron chi connectivity index (χ2n) is 4.94. The Balaban J connectivity index is 2.13. The fraction of sp³-hybridized carbons (Fsp3) is 0.357. The topological polar surface area (TPSA) is 81.7 Å². The molecule has 0 saturated carbocycles. The van der Waals surface area contributed by atoms with E-state index in [4.69, 9.17) is 4.74 Å². The molecule has 1 aromatic rings. The molecule has 0 unspecified atom stereocenters. The molecule has 24 heavy (non-hydrogen) atoms. The van der Waals surface area contributed by atoms with E-state index < -0.39 is 28.5 Å². The molecule has 10 heteroatoms. The number of ether oxygens (including phenoxy) is 1. The molecule has 132 valence electrons. The molecule has 0 atom stereocenters. The summed E-state index contributed by atoms with van der Waals surface area (Å²) in [4.78, 5) is 11.3. The third kappa shape index (κ3) is 4.88. The fourth-order valence-corrected chi connectivity index (χ4v) is 2.91. The summed E-state index contributed by atoms with van der Waals surface area (Å²) in [5, 5.41) is 2.42. The molecule has 1 N–H and O–H groups in total. The number of alkyl halides is 3. The van der Waals surface area contributed by atoms with Crippen molar-refractivity contribution in [1.29, 1.82) is 0 Å². The number of halogens is 3. The molecule has 0 radical (unpaired) electrons. The van der Waals surface area contributed by atoms with Crippen molar-refractivity contribution in [2.45, 2.75) is 12.6 Å². The highest BCUT2D eigenvalue weighted by molar-refractivity contribution is 7.87. The van der Waals surface area contributed by atoms with Gasteiger partial charge in [-0.25, -0.2) is 0 Å². The molecule has 1 aliphatic rings. The molecular weight excluding hydrogens is 351 g/mol. The smallest absolute Gasteiger partial charge is 0.390 e. The number of rotatable bonds is 5. The zero-order chi connectivity index (χ0) is 18.0. The summed E-state index contributed by atoms with van der Waals surface area (Å²) in [6, 6.07) is 4.02. The molecule has 0 saturated heterocycles. The van der Waals surface area contributed by atoms with Crippen LogP contribution in [0.4, 0.5) is 13.2 Å². The Labute approximate surface area is 136 Å². The van der Waals surface area contributed by atoms with Gasteiger partial charge in [-0.05, 0) is 12.1 Å². The van der Waals surface area contributed by atoms with Gasteiger partial charge in [0.25, 0.3) is 0 Å². The lowest BCUT2D eigenvalue weighted by molar-refractivity contribution is -0.130. The van der Waals surface area contributed by atoms with Crippen LogP contribution in [0, 0.1) is 0 Å². The predicted molar refractivity (Wildman–Crippen MR) is 79.1 cm³/mol. The quantitative estimate of drug-likeness (QED) is 0.636. The van der Waals surface area contributed by atoms with Crippen molar-refractivity contribution < 1.29 is 35.3 Å². The fourth-order valence-electron chi connectivity index (χ4n) is 1.95. The number of fused-ring (bicyclic) bond motifs is 1. The number of carbonyl (C=O) groups is 1. The summed E-state index contributed by atoms with van der Waals surface area (Å²) >= 11 is 0. The molecule has 0 spiro atoms. The third-order valence-electron chi connectivity index (χ3n) is 3.09. The van der Waals surface area contributed by atoms with Gasteiger partial charge >= 0.3 is 16.3 Å². The lowest BCUT2D eigenvalue weighted by atomic mass is 10.1. The molecule has 0 bridgehead atoms. The zero-order valence-corrected chi connectivity index (χ0v) is 13.3. The van der Waals surface area contributed by atoms with Gasteiger partial charge in [-0.15, -0.1) is 0 Å². The Hall–Kier alpha value is -2.23. The van der Waals surface area contributed by atoms with Crippen molar-refractivity contribution in [3.63, 3.8) is 0 Å². The van der Waals surface area contributed by atoms with Crippen LogP contribution in [0.2, 0.25) is 0 Å². The maximum absolute atomic E-state index is 12.1. The number of hydrogen-bond donors (Lipinski definition) is 1. The highest BCUT2D eigenvalue weighted by Crippen LogP contribution is 2.36. The summed E-state index contributed by atoms with van der Waals surface area (Å²) in [6.45, 7) is 0.118. The van der Waals surface area contributed by atoms with E-state index in [0.717, 1.165) is 0 Å². The lowest BCUT2D eigenvalue weighted by Gasteiger charge is -2.09. The number of hydrogen-bond acceptors (Lipinski definition) is 5. The van der Waals surface area contributed by atoms with Gasteiger partial charge in [0.05, 0.1) is 12.2 Å². The standard InChI is InChI=1S/C14H14F3NO5S/c1-18-13(19)6-9-8-22-12-7-10(2-3-11(9)12)23-24(20,21)5-4-14(15,16)17/h2-3,6-7H,4-5,8H2,1H3,(H,18,19)/b9-6-. The van der Waals surface area contributed by atoms with Crippen molar-refractivity contribution in [2.75, 3.05) is 19.4 Å². The summed E-state index contributed by atoms with van der Waals surface area (Å²) in [5.74, 6) is -1.36. The van der Waals surface area contributed by atoms with Crippen LogP contribution < -0.4 is 14.2 Å². The Bertz CT molecular complexity index is 771. The van der Waals surface area contributed by atoms with Crippen LogP contribution in [0.5, 0.6) is 11.5 Å². The second kappa shape index (κ2) is 6.71.